The van der Waals surface area contributed by atoms with E-state index < -0.39 is 11.6 Å². The van der Waals surface area contributed by atoms with Crippen molar-refractivity contribution in [2.75, 3.05) is 0 Å². The first-order valence-corrected chi connectivity index (χ1v) is 7.71. The van der Waals surface area contributed by atoms with Gasteiger partial charge in [0.1, 0.15) is 12.4 Å². The number of amides is 1. The number of nitrogens with one attached hydrogen (secondary N) is 1. The van der Waals surface area contributed by atoms with Crippen LogP contribution in [0.15, 0.2) is 63.8 Å². The molecular formula is C18H16FN3O3. The van der Waals surface area contributed by atoms with Crippen LogP contribution >= 0.6 is 0 Å². The van der Waals surface area contributed by atoms with Gasteiger partial charge in [-0.05, 0) is 36.8 Å². The molecule has 7 heteroatoms. The predicted molar refractivity (Wildman–Crippen MR) is 89.2 cm³/mol. The third-order valence-corrected chi connectivity index (χ3v) is 3.67. The average Bonchev–Trinajstić information content (AvgIpc) is 2.96. The smallest absolute Gasteiger partial charge is 0.388 e. The lowest BCUT2D eigenvalue weighted by atomic mass is 10.1. The van der Waals surface area contributed by atoms with Crippen LogP contribution in [0.3, 0.4) is 0 Å². The molecule has 25 heavy (non-hydrogen) atoms. The first-order chi connectivity index (χ1) is 12.0. The van der Waals surface area contributed by atoms with Gasteiger partial charge in [0.05, 0.1) is 6.04 Å². The zero-order valence-corrected chi connectivity index (χ0v) is 13.5. The molecule has 1 amide bonds. The molecule has 1 N–H and O–H groups in total. The maximum Gasteiger partial charge on any atom is 0.437 e. The van der Waals surface area contributed by atoms with Gasteiger partial charge < -0.3 is 9.73 Å². The van der Waals surface area contributed by atoms with E-state index in [9.17, 15) is 14.0 Å². The van der Waals surface area contributed by atoms with E-state index in [1.807, 2.05) is 37.3 Å². The van der Waals surface area contributed by atoms with Gasteiger partial charge in [0, 0.05) is 5.56 Å². The molecule has 128 valence electrons. The Kier molecular flexibility index (Phi) is 4.74. The van der Waals surface area contributed by atoms with Crippen LogP contribution in [0.1, 0.15) is 18.5 Å². The van der Waals surface area contributed by atoms with Crippen molar-refractivity contribution in [2.24, 2.45) is 0 Å². The number of aromatic nitrogens is 2. The maximum absolute atomic E-state index is 12.9. The van der Waals surface area contributed by atoms with E-state index in [1.165, 1.54) is 24.3 Å². The molecule has 0 saturated heterocycles. The molecule has 0 aliphatic rings. The minimum absolute atomic E-state index is 0.0360. The van der Waals surface area contributed by atoms with Crippen molar-refractivity contribution in [1.29, 1.82) is 0 Å². The summed E-state index contributed by atoms with van der Waals surface area (Å²) >= 11 is 0. The van der Waals surface area contributed by atoms with E-state index in [0.717, 1.165) is 10.2 Å². The van der Waals surface area contributed by atoms with Crippen LogP contribution in [-0.2, 0) is 11.3 Å². The molecule has 3 rings (SSSR count). The zero-order chi connectivity index (χ0) is 17.8. The number of rotatable bonds is 5. The summed E-state index contributed by atoms with van der Waals surface area (Å²) in [6.45, 7) is 1.59. The van der Waals surface area contributed by atoms with Crippen LogP contribution in [0.2, 0.25) is 0 Å². The summed E-state index contributed by atoms with van der Waals surface area (Å²) in [5, 5.41) is 6.78. The number of nitrogens with zero attached hydrogens (tertiary/aromatic N) is 2. The second kappa shape index (κ2) is 7.12. The van der Waals surface area contributed by atoms with Gasteiger partial charge in [-0.15, -0.1) is 5.10 Å². The number of carbonyl (C=O) groups is 1. The quantitative estimate of drug-likeness (QED) is 0.773. The van der Waals surface area contributed by atoms with Crippen molar-refractivity contribution in [3.63, 3.8) is 0 Å². The molecule has 6 nitrogen and oxygen atoms in total. The fourth-order valence-corrected chi connectivity index (χ4v) is 2.36. The number of hydrogen-bond acceptors (Lipinski definition) is 4. The van der Waals surface area contributed by atoms with Crippen LogP contribution in [0.4, 0.5) is 4.39 Å². The lowest BCUT2D eigenvalue weighted by Crippen LogP contribution is -2.33. The van der Waals surface area contributed by atoms with Crippen LogP contribution in [0.5, 0.6) is 0 Å². The van der Waals surface area contributed by atoms with E-state index in [4.69, 9.17) is 4.42 Å². The fraction of sp³-hybridized carbons (Fsp3) is 0.167. The SMILES string of the molecule is C[C@@H](NC(=O)Cn1nc(-c2ccc(F)cc2)oc1=O)c1ccccc1. The normalized spacial score (nSPS) is 11.9. The van der Waals surface area contributed by atoms with E-state index in [0.29, 0.717) is 5.56 Å². The Bertz CT molecular complexity index is 917. The summed E-state index contributed by atoms with van der Waals surface area (Å²) in [4.78, 5) is 24.0. The van der Waals surface area contributed by atoms with Crippen LogP contribution < -0.4 is 11.1 Å². The highest BCUT2D eigenvalue weighted by molar-refractivity contribution is 5.76. The molecular weight excluding hydrogens is 325 g/mol. The Morgan fingerprint density at radius 2 is 1.88 bits per heavy atom. The zero-order valence-electron chi connectivity index (χ0n) is 13.5. The molecule has 0 aliphatic heterocycles. The third-order valence-electron chi connectivity index (χ3n) is 3.67. The monoisotopic (exact) mass is 341 g/mol. The first-order valence-electron chi connectivity index (χ1n) is 7.71. The van der Waals surface area contributed by atoms with E-state index in [1.54, 1.807) is 0 Å². The lowest BCUT2D eigenvalue weighted by molar-refractivity contribution is -0.122. The van der Waals surface area contributed by atoms with Gasteiger partial charge in [0.2, 0.25) is 11.8 Å². The summed E-state index contributed by atoms with van der Waals surface area (Å²) < 4.78 is 18.9. The van der Waals surface area contributed by atoms with Crippen molar-refractivity contribution in [1.82, 2.24) is 15.1 Å². The molecule has 2 aromatic carbocycles. The van der Waals surface area contributed by atoms with Gasteiger partial charge in [-0.1, -0.05) is 30.3 Å². The van der Waals surface area contributed by atoms with E-state index >= 15 is 0 Å². The van der Waals surface area contributed by atoms with Crippen LogP contribution in [0.25, 0.3) is 11.5 Å². The highest BCUT2D eigenvalue weighted by Gasteiger charge is 2.15. The Hall–Kier alpha value is -3.22. The number of halogens is 1. The van der Waals surface area contributed by atoms with Crippen molar-refractivity contribution in [3.05, 3.63) is 76.5 Å². The average molecular weight is 341 g/mol. The molecule has 0 bridgehead atoms. The number of hydrogen-bond donors (Lipinski definition) is 1. The van der Waals surface area contributed by atoms with Crippen LogP contribution in [-0.4, -0.2) is 15.7 Å². The van der Waals surface area contributed by atoms with Gasteiger partial charge >= 0.3 is 5.76 Å². The molecule has 0 spiro atoms. The maximum atomic E-state index is 12.9. The number of carbonyl (C=O) groups excluding carboxylic acids is 1. The second-order valence-electron chi connectivity index (χ2n) is 5.54. The van der Waals surface area contributed by atoms with Gasteiger partial charge in [-0.3, -0.25) is 4.79 Å². The molecule has 0 fully saturated rings. The van der Waals surface area contributed by atoms with Gasteiger partial charge in [-0.2, -0.15) is 4.68 Å². The second-order valence-corrected chi connectivity index (χ2v) is 5.54. The minimum atomic E-state index is -0.748. The van der Waals surface area contributed by atoms with E-state index in [-0.39, 0.29) is 24.4 Å². The van der Waals surface area contributed by atoms with Crippen molar-refractivity contribution < 1.29 is 13.6 Å². The summed E-state index contributed by atoms with van der Waals surface area (Å²) in [5.41, 5.74) is 1.41. The molecule has 1 heterocycles. The lowest BCUT2D eigenvalue weighted by Gasteiger charge is -2.13. The Balaban J connectivity index is 1.69. The summed E-state index contributed by atoms with van der Waals surface area (Å²) in [5.74, 6) is -1.48. The molecule has 0 saturated carbocycles. The fourth-order valence-electron chi connectivity index (χ4n) is 2.36. The standard InChI is InChI=1S/C18H16FN3O3/c1-12(13-5-3-2-4-6-13)20-16(23)11-22-18(24)25-17(21-22)14-7-9-15(19)10-8-14/h2-10,12H,11H2,1H3,(H,20,23)/t12-/m1/s1. The topological polar surface area (TPSA) is 77.1 Å². The van der Waals surface area contributed by atoms with Gasteiger partial charge in [-0.25, -0.2) is 9.18 Å². The summed E-state index contributed by atoms with van der Waals surface area (Å²) in [7, 11) is 0. The summed E-state index contributed by atoms with van der Waals surface area (Å²) in [6, 6.07) is 14.6. The summed E-state index contributed by atoms with van der Waals surface area (Å²) in [6.07, 6.45) is 0. The van der Waals surface area contributed by atoms with Gasteiger partial charge in [0.15, 0.2) is 0 Å². The first kappa shape index (κ1) is 16.6. The largest absolute Gasteiger partial charge is 0.437 e. The Labute approximate surface area is 142 Å². The highest BCUT2D eigenvalue weighted by atomic mass is 19.1. The molecule has 0 radical (unpaired) electrons. The Morgan fingerprint density at radius 3 is 2.56 bits per heavy atom. The van der Waals surface area contributed by atoms with Crippen molar-refractivity contribution in [3.8, 4) is 11.5 Å². The minimum Gasteiger partial charge on any atom is -0.388 e. The highest BCUT2D eigenvalue weighted by Crippen LogP contribution is 2.15. The van der Waals surface area contributed by atoms with Crippen LogP contribution in [0, 0.1) is 5.82 Å². The molecule has 0 aliphatic carbocycles. The van der Waals surface area contributed by atoms with Gasteiger partial charge in [0.25, 0.3) is 0 Å². The molecule has 0 unspecified atom stereocenters. The van der Waals surface area contributed by atoms with Crippen molar-refractivity contribution in [2.45, 2.75) is 19.5 Å². The Morgan fingerprint density at radius 1 is 1.20 bits per heavy atom. The van der Waals surface area contributed by atoms with E-state index in [2.05, 4.69) is 10.4 Å². The molecule has 1 atom stereocenters. The third kappa shape index (κ3) is 4.00. The van der Waals surface area contributed by atoms with Crippen molar-refractivity contribution >= 4 is 5.91 Å². The number of benzene rings is 2. The molecule has 1 aromatic heterocycles. The predicted octanol–water partition coefficient (Wildman–Crippen LogP) is 2.52. The molecule has 3 aromatic rings.